The Morgan fingerprint density at radius 2 is 1.93 bits per heavy atom. The van der Waals surface area contributed by atoms with Gasteiger partial charge in [-0.3, -0.25) is 4.57 Å². The van der Waals surface area contributed by atoms with Crippen LogP contribution < -0.4 is 5.73 Å². The number of halogens is 1. The molecule has 0 unspecified atom stereocenters. The van der Waals surface area contributed by atoms with Gasteiger partial charge in [0.1, 0.15) is 5.60 Å². The first-order chi connectivity index (χ1) is 14.2. The van der Waals surface area contributed by atoms with Gasteiger partial charge in [-0.05, 0) is 48.3 Å². The Morgan fingerprint density at radius 3 is 2.63 bits per heavy atom. The molecule has 1 aromatic heterocycles. The summed E-state index contributed by atoms with van der Waals surface area (Å²) < 4.78 is 7.74. The number of benzene rings is 2. The van der Waals surface area contributed by atoms with Crippen LogP contribution in [0.5, 0.6) is 0 Å². The highest BCUT2D eigenvalue weighted by atomic mass is 79.9. The molecule has 2 N–H and O–H groups in total. The fourth-order valence-electron chi connectivity index (χ4n) is 2.74. The summed E-state index contributed by atoms with van der Waals surface area (Å²) in [6, 6.07) is 15.6. The lowest BCUT2D eigenvalue weighted by Crippen LogP contribution is -2.26. The van der Waals surface area contributed by atoms with Gasteiger partial charge < -0.3 is 10.5 Å². The fourth-order valence-corrected chi connectivity index (χ4v) is 3.99. The zero-order valence-corrected chi connectivity index (χ0v) is 19.4. The minimum absolute atomic E-state index is 0.382. The molecule has 0 saturated carbocycles. The van der Waals surface area contributed by atoms with E-state index >= 15 is 0 Å². The van der Waals surface area contributed by atoms with Crippen LogP contribution in [-0.4, -0.2) is 27.6 Å². The minimum atomic E-state index is -0.580. The van der Waals surface area contributed by atoms with Crippen LogP contribution in [0.25, 0.3) is 10.9 Å². The number of nitrogens with zero attached hydrogens (tertiary/aromatic N) is 3. The first-order valence-electron chi connectivity index (χ1n) is 9.31. The largest absolute Gasteiger partial charge is 0.443 e. The van der Waals surface area contributed by atoms with E-state index < -0.39 is 11.7 Å². The SMILES string of the molecule is CC(C)(C)OC(=O)n1cc(Br)c2c(C=NN=C(N)SCc3ccccc3)cccc21. The van der Waals surface area contributed by atoms with Crippen LogP contribution in [0.2, 0.25) is 0 Å². The summed E-state index contributed by atoms with van der Waals surface area (Å²) in [5.74, 6) is 0.728. The van der Waals surface area contributed by atoms with E-state index in [0.717, 1.165) is 26.7 Å². The number of amidine groups is 1. The van der Waals surface area contributed by atoms with Gasteiger partial charge in [0, 0.05) is 27.4 Å². The molecule has 8 heteroatoms. The van der Waals surface area contributed by atoms with E-state index in [-0.39, 0.29) is 0 Å². The Bertz CT molecular complexity index is 1100. The fraction of sp³-hybridized carbons (Fsp3) is 0.227. The van der Waals surface area contributed by atoms with Gasteiger partial charge in [0.05, 0.1) is 11.7 Å². The van der Waals surface area contributed by atoms with Gasteiger partial charge in [0.15, 0.2) is 5.17 Å². The molecule has 0 spiro atoms. The number of hydrogen-bond donors (Lipinski definition) is 1. The summed E-state index contributed by atoms with van der Waals surface area (Å²) >= 11 is 4.96. The number of carbonyl (C=O) groups excluding carboxylic acids is 1. The molecule has 0 fully saturated rings. The van der Waals surface area contributed by atoms with Gasteiger partial charge in [-0.2, -0.15) is 5.10 Å². The Morgan fingerprint density at radius 1 is 1.20 bits per heavy atom. The summed E-state index contributed by atoms with van der Waals surface area (Å²) in [6.07, 6.45) is 2.89. The van der Waals surface area contributed by atoms with Crippen molar-refractivity contribution in [2.45, 2.75) is 32.1 Å². The Balaban J connectivity index is 1.78. The number of rotatable bonds is 4. The third kappa shape index (κ3) is 5.73. The average molecular weight is 487 g/mol. The van der Waals surface area contributed by atoms with Gasteiger partial charge in [-0.25, -0.2) is 4.79 Å². The Kier molecular flexibility index (Phi) is 6.99. The number of hydrogen-bond acceptors (Lipinski definition) is 5. The van der Waals surface area contributed by atoms with Crippen LogP contribution in [-0.2, 0) is 10.5 Å². The number of aromatic nitrogens is 1. The molecule has 0 aliphatic rings. The van der Waals surface area contributed by atoms with E-state index in [4.69, 9.17) is 10.5 Å². The van der Waals surface area contributed by atoms with Crippen molar-refractivity contribution in [3.63, 3.8) is 0 Å². The van der Waals surface area contributed by atoms with Gasteiger partial charge >= 0.3 is 6.09 Å². The van der Waals surface area contributed by atoms with Crippen molar-refractivity contribution in [3.8, 4) is 0 Å². The van der Waals surface area contributed by atoms with E-state index in [2.05, 4.69) is 26.1 Å². The molecule has 0 saturated heterocycles. The quantitative estimate of drug-likeness (QED) is 0.288. The van der Waals surface area contributed by atoms with Crippen molar-refractivity contribution in [1.82, 2.24) is 4.57 Å². The topological polar surface area (TPSA) is 82.0 Å². The highest BCUT2D eigenvalue weighted by molar-refractivity contribution is 9.10. The molecule has 2 aromatic carbocycles. The van der Waals surface area contributed by atoms with Crippen LogP contribution in [0.1, 0.15) is 31.9 Å². The van der Waals surface area contributed by atoms with Crippen molar-refractivity contribution >= 4 is 56.1 Å². The second-order valence-electron chi connectivity index (χ2n) is 7.53. The van der Waals surface area contributed by atoms with E-state index in [1.165, 1.54) is 21.9 Å². The molecular formula is C22H23BrN4O2S. The molecular weight excluding hydrogens is 464 g/mol. The lowest BCUT2D eigenvalue weighted by molar-refractivity contribution is 0.0544. The number of carbonyl (C=O) groups is 1. The third-order valence-electron chi connectivity index (χ3n) is 3.99. The Labute approximate surface area is 188 Å². The summed E-state index contributed by atoms with van der Waals surface area (Å²) in [5, 5.41) is 9.43. The molecule has 30 heavy (non-hydrogen) atoms. The number of thioether (sulfide) groups is 1. The second-order valence-corrected chi connectivity index (χ2v) is 9.38. The monoisotopic (exact) mass is 486 g/mol. The smallest absolute Gasteiger partial charge is 0.419 e. The molecule has 0 aliphatic heterocycles. The van der Waals surface area contributed by atoms with Crippen LogP contribution in [0.15, 0.2) is 69.4 Å². The van der Waals surface area contributed by atoms with Crippen LogP contribution in [0, 0.1) is 0 Å². The van der Waals surface area contributed by atoms with Crippen molar-refractivity contribution in [2.24, 2.45) is 15.9 Å². The molecule has 0 bridgehead atoms. The molecule has 0 atom stereocenters. The predicted molar refractivity (Wildman–Crippen MR) is 128 cm³/mol. The predicted octanol–water partition coefficient (Wildman–Crippen LogP) is 5.77. The van der Waals surface area contributed by atoms with Crippen LogP contribution >= 0.6 is 27.7 Å². The molecule has 6 nitrogen and oxygen atoms in total. The zero-order valence-electron chi connectivity index (χ0n) is 17.0. The van der Waals surface area contributed by atoms with Gasteiger partial charge in [0.2, 0.25) is 0 Å². The lowest BCUT2D eigenvalue weighted by Gasteiger charge is -2.19. The second kappa shape index (κ2) is 9.49. The number of ether oxygens (including phenoxy) is 1. The lowest BCUT2D eigenvalue weighted by atomic mass is 10.1. The standard InChI is InChI=1S/C22H23BrN4O2S/c1-22(2,3)29-21(28)27-13-17(23)19-16(10-7-11-18(19)27)12-25-26-20(24)30-14-15-8-5-4-6-9-15/h4-13H,14H2,1-3H3,(H2,24,26). The van der Waals surface area contributed by atoms with Gasteiger partial charge in [0.25, 0.3) is 0 Å². The van der Waals surface area contributed by atoms with E-state index in [1.807, 2.05) is 69.3 Å². The molecule has 0 aliphatic carbocycles. The van der Waals surface area contributed by atoms with Gasteiger partial charge in [-0.1, -0.05) is 54.2 Å². The zero-order chi connectivity index (χ0) is 21.7. The first kappa shape index (κ1) is 22.1. The third-order valence-corrected chi connectivity index (χ3v) is 5.44. The molecule has 3 rings (SSSR count). The minimum Gasteiger partial charge on any atom is -0.443 e. The maximum atomic E-state index is 12.5. The normalized spacial score (nSPS) is 12.6. The highest BCUT2D eigenvalue weighted by Crippen LogP contribution is 2.29. The van der Waals surface area contributed by atoms with Gasteiger partial charge in [-0.15, -0.1) is 5.10 Å². The number of fused-ring (bicyclic) bond motifs is 1. The van der Waals surface area contributed by atoms with Crippen LogP contribution in [0.3, 0.4) is 0 Å². The maximum Gasteiger partial charge on any atom is 0.419 e. The van der Waals surface area contributed by atoms with Crippen molar-refractivity contribution in [1.29, 1.82) is 0 Å². The molecule has 3 aromatic rings. The first-order valence-corrected chi connectivity index (χ1v) is 11.1. The average Bonchev–Trinajstić information content (AvgIpc) is 3.04. The summed E-state index contributed by atoms with van der Waals surface area (Å²) in [6.45, 7) is 5.51. The molecule has 1 heterocycles. The van der Waals surface area contributed by atoms with E-state index in [1.54, 1.807) is 12.4 Å². The molecule has 0 amide bonds. The molecule has 156 valence electrons. The summed E-state index contributed by atoms with van der Waals surface area (Å²) in [7, 11) is 0. The van der Waals surface area contributed by atoms with Crippen molar-refractivity contribution in [3.05, 3.63) is 70.3 Å². The summed E-state index contributed by atoms with van der Waals surface area (Å²) in [5.41, 5.74) is 8.07. The maximum absolute atomic E-state index is 12.5. The van der Waals surface area contributed by atoms with E-state index in [9.17, 15) is 4.79 Å². The Hall–Kier alpha value is -2.58. The van der Waals surface area contributed by atoms with Crippen LogP contribution in [0.4, 0.5) is 4.79 Å². The summed E-state index contributed by atoms with van der Waals surface area (Å²) in [4.78, 5) is 12.5. The van der Waals surface area contributed by atoms with Crippen molar-refractivity contribution in [2.75, 3.05) is 0 Å². The molecule has 0 radical (unpaired) electrons. The van der Waals surface area contributed by atoms with E-state index in [0.29, 0.717) is 5.17 Å². The highest BCUT2D eigenvalue weighted by Gasteiger charge is 2.21. The van der Waals surface area contributed by atoms with Crippen molar-refractivity contribution < 1.29 is 9.53 Å². The number of nitrogens with two attached hydrogens (primary N) is 1.